The number of hydrogen-bond donors (Lipinski definition) is 2. The van der Waals surface area contributed by atoms with Gasteiger partial charge in [-0.05, 0) is 30.0 Å². The number of carboxylic acid groups (broad SMARTS) is 1. The molecule has 3 aromatic rings. The third-order valence-electron chi connectivity index (χ3n) is 5.88. The predicted molar refractivity (Wildman–Crippen MR) is 126 cm³/mol. The third-order valence-corrected chi connectivity index (χ3v) is 5.88. The summed E-state index contributed by atoms with van der Waals surface area (Å²) in [5.74, 6) is -2.06. The van der Waals surface area contributed by atoms with Gasteiger partial charge in [0.05, 0.1) is 5.56 Å². The fourth-order valence-electron chi connectivity index (χ4n) is 4.07. The number of carbonyl (C=O) groups is 3. The molecule has 1 aliphatic rings. The molecule has 4 rings (SSSR count). The quantitative estimate of drug-likeness (QED) is 0.579. The average Bonchev–Trinajstić information content (AvgIpc) is 2.77. The highest BCUT2D eigenvalue weighted by molar-refractivity contribution is 5.98. The maximum atomic E-state index is 13.3. The van der Waals surface area contributed by atoms with Crippen LogP contribution in [0.15, 0.2) is 47.4 Å². The summed E-state index contributed by atoms with van der Waals surface area (Å²) in [5, 5.41) is 12.4. The number of nitrogens with zero attached hydrogens (tertiary/aromatic N) is 3. The Morgan fingerprint density at radius 2 is 1.79 bits per heavy atom. The lowest BCUT2D eigenvalue weighted by atomic mass is 9.84. The zero-order chi connectivity index (χ0) is 24.6. The first-order valence-electron chi connectivity index (χ1n) is 10.9. The SMILES string of the molecule is Cc1ccc(CNC(=O)c2cc3cc(C(=O)O)cnc3n(CC(=O)N3CC(C)(C)C3)c2=O)cc1. The van der Waals surface area contributed by atoms with E-state index in [9.17, 15) is 24.3 Å². The Balaban J connectivity index is 1.69. The van der Waals surface area contributed by atoms with Crippen LogP contribution in [0.25, 0.3) is 11.0 Å². The molecule has 1 saturated heterocycles. The molecular formula is C25H26N4O5. The zero-order valence-corrected chi connectivity index (χ0v) is 19.3. The van der Waals surface area contributed by atoms with Gasteiger partial charge < -0.3 is 15.3 Å². The zero-order valence-electron chi connectivity index (χ0n) is 19.3. The number of nitrogens with one attached hydrogen (secondary N) is 1. The highest BCUT2D eigenvalue weighted by Gasteiger charge is 2.37. The van der Waals surface area contributed by atoms with Crippen LogP contribution in [0.1, 0.15) is 45.7 Å². The lowest BCUT2D eigenvalue weighted by Crippen LogP contribution is -2.56. The van der Waals surface area contributed by atoms with Gasteiger partial charge in [0.1, 0.15) is 17.8 Å². The molecule has 0 atom stereocenters. The van der Waals surface area contributed by atoms with Crippen LogP contribution in [-0.2, 0) is 17.9 Å². The first-order valence-corrected chi connectivity index (χ1v) is 10.9. The first kappa shape index (κ1) is 23.2. The topological polar surface area (TPSA) is 122 Å². The van der Waals surface area contributed by atoms with Crippen molar-refractivity contribution in [1.29, 1.82) is 0 Å². The summed E-state index contributed by atoms with van der Waals surface area (Å²) >= 11 is 0. The summed E-state index contributed by atoms with van der Waals surface area (Å²) in [6, 6.07) is 10.3. The Hall–Kier alpha value is -4.01. The molecule has 2 N–H and O–H groups in total. The van der Waals surface area contributed by atoms with E-state index in [2.05, 4.69) is 10.3 Å². The number of carboxylic acids is 1. The molecule has 9 nitrogen and oxygen atoms in total. The summed E-state index contributed by atoms with van der Waals surface area (Å²) < 4.78 is 1.15. The predicted octanol–water partition coefficient (Wildman–Crippen LogP) is 2.20. The normalized spacial score (nSPS) is 14.5. The standard InChI is InChI=1S/C25H26N4O5/c1-15-4-6-16(7-5-15)10-27-22(31)19-9-17-8-18(24(33)34)11-26-21(17)29(23(19)32)12-20(30)28-13-25(2,3)14-28/h4-9,11H,10,12-14H2,1-3H3,(H,27,31)(H,33,34). The Labute approximate surface area is 196 Å². The van der Waals surface area contributed by atoms with Crippen LogP contribution in [0, 0.1) is 12.3 Å². The highest BCUT2D eigenvalue weighted by Crippen LogP contribution is 2.28. The maximum Gasteiger partial charge on any atom is 0.337 e. The van der Waals surface area contributed by atoms with Gasteiger partial charge in [0.15, 0.2) is 0 Å². The second-order valence-corrected chi connectivity index (χ2v) is 9.47. The van der Waals surface area contributed by atoms with Gasteiger partial charge in [-0.1, -0.05) is 43.7 Å². The summed E-state index contributed by atoms with van der Waals surface area (Å²) in [6.45, 7) is 7.13. The van der Waals surface area contributed by atoms with Gasteiger partial charge in [0, 0.05) is 31.2 Å². The van der Waals surface area contributed by atoms with Gasteiger partial charge in [0.2, 0.25) is 5.91 Å². The number of carbonyl (C=O) groups excluding carboxylic acids is 2. The Bertz CT molecular complexity index is 1350. The molecule has 1 fully saturated rings. The van der Waals surface area contributed by atoms with Gasteiger partial charge in [0.25, 0.3) is 11.5 Å². The van der Waals surface area contributed by atoms with Gasteiger partial charge in [-0.2, -0.15) is 0 Å². The van der Waals surface area contributed by atoms with E-state index in [1.807, 2.05) is 45.0 Å². The van der Waals surface area contributed by atoms with E-state index in [1.54, 1.807) is 4.90 Å². The van der Waals surface area contributed by atoms with E-state index in [0.29, 0.717) is 13.1 Å². The fourth-order valence-corrected chi connectivity index (χ4v) is 4.07. The van der Waals surface area contributed by atoms with Crippen LogP contribution < -0.4 is 10.9 Å². The Morgan fingerprint density at radius 1 is 1.12 bits per heavy atom. The molecule has 0 aliphatic carbocycles. The number of aromatic nitrogens is 2. The minimum Gasteiger partial charge on any atom is -0.478 e. The minimum atomic E-state index is -1.18. The molecule has 34 heavy (non-hydrogen) atoms. The molecular weight excluding hydrogens is 436 g/mol. The summed E-state index contributed by atoms with van der Waals surface area (Å²) in [6.07, 6.45) is 1.13. The van der Waals surface area contributed by atoms with Crippen LogP contribution in [0.4, 0.5) is 0 Å². The minimum absolute atomic E-state index is 0.0229. The van der Waals surface area contributed by atoms with E-state index in [0.717, 1.165) is 21.9 Å². The number of hydrogen-bond acceptors (Lipinski definition) is 5. The number of fused-ring (bicyclic) bond motifs is 1. The third kappa shape index (κ3) is 4.68. The summed E-state index contributed by atoms with van der Waals surface area (Å²) in [7, 11) is 0. The van der Waals surface area contributed by atoms with Crippen LogP contribution in [0.3, 0.4) is 0 Å². The van der Waals surface area contributed by atoms with Crippen molar-refractivity contribution >= 4 is 28.8 Å². The van der Waals surface area contributed by atoms with Gasteiger partial charge in [-0.3, -0.25) is 19.0 Å². The van der Waals surface area contributed by atoms with E-state index >= 15 is 0 Å². The van der Waals surface area contributed by atoms with Crippen molar-refractivity contribution < 1.29 is 19.5 Å². The van der Waals surface area contributed by atoms with Gasteiger partial charge in [-0.15, -0.1) is 0 Å². The molecule has 0 radical (unpaired) electrons. The molecule has 2 amide bonds. The van der Waals surface area contributed by atoms with Crippen molar-refractivity contribution in [3.63, 3.8) is 0 Å². The van der Waals surface area contributed by atoms with E-state index < -0.39 is 17.4 Å². The van der Waals surface area contributed by atoms with Crippen molar-refractivity contribution in [3.05, 3.63) is 75.2 Å². The van der Waals surface area contributed by atoms with Crippen molar-refractivity contribution in [3.8, 4) is 0 Å². The van der Waals surface area contributed by atoms with E-state index in [-0.39, 0.29) is 46.6 Å². The van der Waals surface area contributed by atoms with E-state index in [4.69, 9.17) is 0 Å². The Kier molecular flexibility index (Phi) is 5.95. The lowest BCUT2D eigenvalue weighted by molar-refractivity contribution is -0.142. The average molecular weight is 463 g/mol. The molecule has 9 heteroatoms. The molecule has 0 saturated carbocycles. The van der Waals surface area contributed by atoms with Crippen molar-refractivity contribution in [2.24, 2.45) is 5.41 Å². The molecule has 1 aliphatic heterocycles. The number of aromatic carboxylic acids is 1. The number of rotatable bonds is 6. The molecule has 3 heterocycles. The van der Waals surface area contributed by atoms with Crippen LogP contribution >= 0.6 is 0 Å². The number of pyridine rings is 2. The van der Waals surface area contributed by atoms with Crippen LogP contribution in [0.2, 0.25) is 0 Å². The lowest BCUT2D eigenvalue weighted by Gasteiger charge is -2.45. The molecule has 1 aromatic carbocycles. The van der Waals surface area contributed by atoms with Crippen molar-refractivity contribution in [1.82, 2.24) is 19.8 Å². The maximum absolute atomic E-state index is 13.3. The second kappa shape index (κ2) is 8.74. The largest absolute Gasteiger partial charge is 0.478 e. The van der Waals surface area contributed by atoms with Crippen LogP contribution in [-0.4, -0.2) is 50.4 Å². The summed E-state index contributed by atoms with van der Waals surface area (Å²) in [5.41, 5.74) is 1.21. The van der Waals surface area contributed by atoms with E-state index in [1.165, 1.54) is 12.1 Å². The molecule has 0 bridgehead atoms. The number of amides is 2. The monoisotopic (exact) mass is 462 g/mol. The van der Waals surface area contributed by atoms with Crippen molar-refractivity contribution in [2.45, 2.75) is 33.9 Å². The molecule has 0 unspecified atom stereocenters. The van der Waals surface area contributed by atoms with Gasteiger partial charge in [-0.25, -0.2) is 9.78 Å². The number of likely N-dealkylation sites (tertiary alicyclic amines) is 1. The molecule has 0 spiro atoms. The smallest absolute Gasteiger partial charge is 0.337 e. The second-order valence-electron chi connectivity index (χ2n) is 9.47. The fraction of sp³-hybridized carbons (Fsp3) is 0.320. The number of benzene rings is 1. The molecule has 2 aromatic heterocycles. The summed E-state index contributed by atoms with van der Waals surface area (Å²) in [4.78, 5) is 56.2. The highest BCUT2D eigenvalue weighted by atomic mass is 16.4. The Morgan fingerprint density at radius 3 is 2.41 bits per heavy atom. The molecule has 176 valence electrons. The van der Waals surface area contributed by atoms with Crippen LogP contribution in [0.5, 0.6) is 0 Å². The van der Waals surface area contributed by atoms with Gasteiger partial charge >= 0.3 is 5.97 Å². The number of aryl methyl sites for hydroxylation is 1. The van der Waals surface area contributed by atoms with Crippen molar-refractivity contribution in [2.75, 3.05) is 13.1 Å². The first-order chi connectivity index (χ1) is 16.0.